The van der Waals surface area contributed by atoms with Gasteiger partial charge in [0, 0.05) is 5.56 Å². The van der Waals surface area contributed by atoms with Crippen LogP contribution in [0.4, 0.5) is 0 Å². The molecular weight excluding hydrogens is 544 g/mol. The second-order valence-corrected chi connectivity index (χ2v) is 12.0. The van der Waals surface area contributed by atoms with Crippen LogP contribution in [0.5, 0.6) is 23.0 Å². The molecule has 7 heteroatoms. The summed E-state index contributed by atoms with van der Waals surface area (Å²) in [6.45, 7) is 5.16. The Kier molecular flexibility index (Phi) is 18.8. The number of unbranched alkanes of at least 4 members (excludes halogenated alkanes) is 18. The van der Waals surface area contributed by atoms with E-state index in [1.165, 1.54) is 102 Å². The predicted molar refractivity (Wildman–Crippen MR) is 175 cm³/mol. The number of benzene rings is 1. The molecule has 2 rings (SSSR count). The normalized spacial score (nSPS) is 12.2. The maximum absolute atomic E-state index is 12.6. The molecule has 0 radical (unpaired) electrons. The molecule has 0 spiro atoms. The molecule has 0 heterocycles. The number of phenolic OH excluding ortho intramolecular Hbond substituents is 2. The van der Waals surface area contributed by atoms with E-state index >= 15 is 0 Å². The van der Waals surface area contributed by atoms with Crippen molar-refractivity contribution in [1.82, 2.24) is 0 Å². The smallest absolute Gasteiger partial charge is 0.221 e. The van der Waals surface area contributed by atoms with Crippen LogP contribution < -0.4 is 10.2 Å². The largest absolute Gasteiger partial charge is 0.504 e. The zero-order valence-corrected chi connectivity index (χ0v) is 26.9. The first-order chi connectivity index (χ1) is 20.9. The molecule has 244 valence electrons. The lowest BCUT2D eigenvalue weighted by atomic mass is 10.1. The first-order valence-electron chi connectivity index (χ1n) is 17.1. The molecule has 0 aliphatic heterocycles. The zero-order chi connectivity index (χ0) is 31.3. The highest BCUT2D eigenvalue weighted by molar-refractivity contribution is 5.96. The molecule has 0 aromatic heterocycles. The van der Waals surface area contributed by atoms with Gasteiger partial charge in [-0.1, -0.05) is 129 Å². The number of aliphatic hydroxyl groups is 1. The van der Waals surface area contributed by atoms with Crippen LogP contribution in [0.15, 0.2) is 23.0 Å². The fourth-order valence-electron chi connectivity index (χ4n) is 5.49. The van der Waals surface area contributed by atoms with E-state index < -0.39 is 29.0 Å². The summed E-state index contributed by atoms with van der Waals surface area (Å²) in [4.78, 5) is 12.6. The van der Waals surface area contributed by atoms with E-state index in [-0.39, 0.29) is 22.1 Å². The number of aliphatic hydroxyl groups excluding tert-OH is 1. The Bertz CT molecular complexity index is 1100. The van der Waals surface area contributed by atoms with Crippen LogP contribution in [0.2, 0.25) is 0 Å². The Hall–Kier alpha value is -2.51. The zero-order valence-electron chi connectivity index (χ0n) is 26.9. The van der Waals surface area contributed by atoms with Crippen LogP contribution >= 0.6 is 0 Å². The molecule has 4 N–H and O–H groups in total. The van der Waals surface area contributed by atoms with Gasteiger partial charge in [0.1, 0.15) is 0 Å². The SMILES string of the molecule is CCCCCCCCCCCCOc1cc2cc(C(O)OCCCCCCCCCCCC)cc(=O)c(O)c2c(O)c1O. The van der Waals surface area contributed by atoms with Gasteiger partial charge in [0.05, 0.1) is 18.6 Å². The van der Waals surface area contributed by atoms with Gasteiger partial charge in [-0.25, -0.2) is 0 Å². The van der Waals surface area contributed by atoms with Crippen LogP contribution in [-0.2, 0) is 4.74 Å². The number of rotatable bonds is 25. The summed E-state index contributed by atoms with van der Waals surface area (Å²) in [5.74, 6) is -1.81. The summed E-state index contributed by atoms with van der Waals surface area (Å²) in [5.41, 5.74) is -0.631. The second kappa shape index (κ2) is 22.1. The van der Waals surface area contributed by atoms with Crippen molar-refractivity contribution in [2.45, 2.75) is 149 Å². The van der Waals surface area contributed by atoms with E-state index in [4.69, 9.17) is 9.47 Å². The van der Waals surface area contributed by atoms with Crippen LogP contribution in [-0.4, -0.2) is 33.6 Å². The predicted octanol–water partition coefficient (Wildman–Crippen LogP) is 9.54. The van der Waals surface area contributed by atoms with Crippen molar-refractivity contribution >= 4 is 10.8 Å². The summed E-state index contributed by atoms with van der Waals surface area (Å²) < 4.78 is 11.4. The Labute approximate surface area is 259 Å². The number of hydrogen-bond acceptors (Lipinski definition) is 7. The molecule has 0 amide bonds. The molecule has 7 nitrogen and oxygen atoms in total. The maximum atomic E-state index is 12.6. The monoisotopic (exact) mass is 602 g/mol. The highest BCUT2D eigenvalue weighted by Crippen LogP contribution is 2.44. The summed E-state index contributed by atoms with van der Waals surface area (Å²) in [6.07, 6.45) is 22.4. The minimum Gasteiger partial charge on any atom is -0.504 e. The Morgan fingerprint density at radius 3 is 1.56 bits per heavy atom. The lowest BCUT2D eigenvalue weighted by Gasteiger charge is -2.12. The average molecular weight is 603 g/mol. The van der Waals surface area contributed by atoms with Crippen molar-refractivity contribution in [3.05, 3.63) is 34.0 Å². The van der Waals surface area contributed by atoms with Crippen LogP contribution in [0.3, 0.4) is 0 Å². The number of aromatic hydroxyl groups is 3. The Morgan fingerprint density at radius 1 is 0.581 bits per heavy atom. The molecule has 0 fully saturated rings. The lowest BCUT2D eigenvalue weighted by molar-refractivity contribution is -0.103. The van der Waals surface area contributed by atoms with Crippen LogP contribution in [0.25, 0.3) is 10.8 Å². The van der Waals surface area contributed by atoms with E-state index in [2.05, 4.69) is 13.8 Å². The topological polar surface area (TPSA) is 116 Å². The van der Waals surface area contributed by atoms with Gasteiger partial charge in [0.15, 0.2) is 23.5 Å². The average Bonchev–Trinajstić information content (AvgIpc) is 3.12. The van der Waals surface area contributed by atoms with Gasteiger partial charge >= 0.3 is 0 Å². The van der Waals surface area contributed by atoms with E-state index in [0.717, 1.165) is 44.6 Å². The molecule has 0 saturated heterocycles. The summed E-state index contributed by atoms with van der Waals surface area (Å²) >= 11 is 0. The van der Waals surface area contributed by atoms with Crippen LogP contribution in [0, 0.1) is 0 Å². The molecule has 0 bridgehead atoms. The third-order valence-electron chi connectivity index (χ3n) is 8.17. The molecule has 2 aromatic carbocycles. The minimum atomic E-state index is -1.37. The molecule has 0 saturated carbocycles. The van der Waals surface area contributed by atoms with E-state index in [9.17, 15) is 25.2 Å². The number of fused-ring (bicyclic) bond motifs is 1. The van der Waals surface area contributed by atoms with Gasteiger partial charge in [-0.05, 0) is 36.4 Å². The fourth-order valence-corrected chi connectivity index (χ4v) is 5.49. The number of phenols is 2. The molecule has 43 heavy (non-hydrogen) atoms. The third-order valence-corrected chi connectivity index (χ3v) is 8.17. The van der Waals surface area contributed by atoms with Gasteiger partial charge in [-0.2, -0.15) is 0 Å². The first-order valence-corrected chi connectivity index (χ1v) is 17.1. The summed E-state index contributed by atoms with van der Waals surface area (Å²) in [7, 11) is 0. The van der Waals surface area contributed by atoms with Gasteiger partial charge in [0.2, 0.25) is 11.2 Å². The first kappa shape index (κ1) is 36.7. The van der Waals surface area contributed by atoms with Crippen molar-refractivity contribution < 1.29 is 29.9 Å². The lowest BCUT2D eigenvalue weighted by Crippen LogP contribution is -2.06. The number of ether oxygens (including phenoxy) is 2. The molecule has 0 aliphatic rings. The van der Waals surface area contributed by atoms with Crippen molar-refractivity contribution in [3.63, 3.8) is 0 Å². The van der Waals surface area contributed by atoms with Gasteiger partial charge in [-0.15, -0.1) is 0 Å². The van der Waals surface area contributed by atoms with Crippen molar-refractivity contribution in [2.24, 2.45) is 0 Å². The van der Waals surface area contributed by atoms with Crippen molar-refractivity contribution in [3.8, 4) is 23.0 Å². The molecule has 1 atom stereocenters. The molecule has 0 aliphatic carbocycles. The van der Waals surface area contributed by atoms with Crippen molar-refractivity contribution in [1.29, 1.82) is 0 Å². The molecular formula is C36H58O7. The molecule has 1 unspecified atom stereocenters. The highest BCUT2D eigenvalue weighted by atomic mass is 16.6. The Balaban J connectivity index is 1.88. The Morgan fingerprint density at radius 2 is 1.05 bits per heavy atom. The number of hydrogen-bond donors (Lipinski definition) is 4. The van der Waals surface area contributed by atoms with Gasteiger partial charge < -0.3 is 29.9 Å². The molecule has 2 aromatic rings. The maximum Gasteiger partial charge on any atom is 0.221 e. The van der Waals surface area contributed by atoms with E-state index in [0.29, 0.717) is 13.2 Å². The van der Waals surface area contributed by atoms with E-state index in [1.54, 1.807) is 0 Å². The van der Waals surface area contributed by atoms with Crippen LogP contribution in [0.1, 0.15) is 154 Å². The van der Waals surface area contributed by atoms with Gasteiger partial charge in [-0.3, -0.25) is 4.79 Å². The van der Waals surface area contributed by atoms with E-state index in [1.807, 2.05) is 0 Å². The minimum absolute atomic E-state index is 0.0608. The quantitative estimate of drug-likeness (QED) is 0.0508. The summed E-state index contributed by atoms with van der Waals surface area (Å²) in [5, 5.41) is 42.5. The summed E-state index contributed by atoms with van der Waals surface area (Å²) in [6, 6.07) is 4.05. The van der Waals surface area contributed by atoms with Crippen molar-refractivity contribution in [2.75, 3.05) is 13.2 Å². The second-order valence-electron chi connectivity index (χ2n) is 12.0. The standard InChI is InChI=1S/C36H58O7/c1-3-5-7-9-11-13-15-17-19-21-23-42-31-27-28-25-29(26-30(37)33(38)32(28)35(40)34(31)39)36(41)43-24-22-20-18-16-14-12-10-8-6-4-2/h25-27,36,39-41H,3-24H2,1-2H3,(H,37,38). The fraction of sp³-hybridized carbons (Fsp3) is 0.694. The third kappa shape index (κ3) is 13.8. The van der Waals surface area contributed by atoms with Gasteiger partial charge in [0.25, 0.3) is 0 Å². The highest BCUT2D eigenvalue weighted by Gasteiger charge is 2.19.